The summed E-state index contributed by atoms with van der Waals surface area (Å²) >= 11 is 0. The van der Waals surface area contributed by atoms with E-state index in [9.17, 15) is 13.2 Å². The number of sulfonamides is 1. The second-order valence-corrected chi connectivity index (χ2v) is 8.50. The van der Waals surface area contributed by atoms with E-state index in [1.165, 1.54) is 14.1 Å². The van der Waals surface area contributed by atoms with Crippen LogP contribution in [-0.4, -0.2) is 63.3 Å². The summed E-state index contributed by atoms with van der Waals surface area (Å²) in [6.45, 7) is 6.32. The van der Waals surface area contributed by atoms with Crippen LogP contribution in [0.25, 0.3) is 0 Å². The molecule has 1 amide bonds. The molecule has 0 aromatic rings. The van der Waals surface area contributed by atoms with E-state index >= 15 is 0 Å². The maximum absolute atomic E-state index is 12.3. The number of rotatable bonds is 7. The number of carbonyl (C=O) groups is 1. The van der Waals surface area contributed by atoms with Crippen LogP contribution in [0.2, 0.25) is 0 Å². The third-order valence-corrected chi connectivity index (χ3v) is 6.27. The summed E-state index contributed by atoms with van der Waals surface area (Å²) < 4.78 is 30.0. The van der Waals surface area contributed by atoms with Crippen LogP contribution in [0.4, 0.5) is 0 Å². The van der Waals surface area contributed by atoms with Crippen molar-refractivity contribution in [1.82, 2.24) is 9.62 Å². The van der Waals surface area contributed by atoms with E-state index in [0.29, 0.717) is 13.0 Å². The lowest BCUT2D eigenvalue weighted by atomic mass is 9.54. The SMILES string of the molecule is CCOC1CC(N)(C(=O)NCCS(=O)(=O)N(C)C)C1(C)C. The van der Waals surface area contributed by atoms with E-state index in [-0.39, 0.29) is 24.3 Å². The number of carbonyl (C=O) groups excluding carboxylic acids is 1. The molecule has 0 radical (unpaired) electrons. The zero-order valence-electron chi connectivity index (χ0n) is 13.5. The topological polar surface area (TPSA) is 102 Å². The van der Waals surface area contributed by atoms with Crippen LogP contribution >= 0.6 is 0 Å². The minimum Gasteiger partial charge on any atom is -0.378 e. The van der Waals surface area contributed by atoms with Gasteiger partial charge in [-0.15, -0.1) is 0 Å². The zero-order chi connectivity index (χ0) is 16.5. The number of nitrogens with two attached hydrogens (primary N) is 1. The Morgan fingerprint density at radius 1 is 1.43 bits per heavy atom. The fourth-order valence-corrected chi connectivity index (χ4v) is 3.18. The Labute approximate surface area is 127 Å². The van der Waals surface area contributed by atoms with E-state index in [2.05, 4.69) is 5.32 Å². The maximum Gasteiger partial charge on any atom is 0.240 e. The van der Waals surface area contributed by atoms with Crippen LogP contribution in [0.1, 0.15) is 27.2 Å². The summed E-state index contributed by atoms with van der Waals surface area (Å²) in [5.74, 6) is -0.464. The molecule has 2 unspecified atom stereocenters. The van der Waals surface area contributed by atoms with Gasteiger partial charge in [0.15, 0.2) is 0 Å². The predicted molar refractivity (Wildman–Crippen MR) is 81.2 cm³/mol. The van der Waals surface area contributed by atoms with Crippen LogP contribution < -0.4 is 11.1 Å². The smallest absolute Gasteiger partial charge is 0.240 e. The van der Waals surface area contributed by atoms with Gasteiger partial charge >= 0.3 is 0 Å². The number of nitrogens with one attached hydrogen (secondary N) is 1. The molecule has 1 aliphatic carbocycles. The zero-order valence-corrected chi connectivity index (χ0v) is 14.3. The lowest BCUT2D eigenvalue weighted by Gasteiger charge is -2.57. The molecule has 0 aromatic carbocycles. The molecule has 0 spiro atoms. The van der Waals surface area contributed by atoms with Crippen molar-refractivity contribution in [2.75, 3.05) is 33.0 Å². The average Bonchev–Trinajstić information content (AvgIpc) is 2.37. The molecule has 0 heterocycles. The molecule has 0 saturated heterocycles. The van der Waals surface area contributed by atoms with Crippen molar-refractivity contribution in [2.45, 2.75) is 38.8 Å². The Hall–Kier alpha value is -0.700. The van der Waals surface area contributed by atoms with Crippen molar-refractivity contribution in [3.63, 3.8) is 0 Å². The van der Waals surface area contributed by atoms with Crippen molar-refractivity contribution in [2.24, 2.45) is 11.1 Å². The number of ether oxygens (including phenoxy) is 1. The van der Waals surface area contributed by atoms with Crippen molar-refractivity contribution in [3.05, 3.63) is 0 Å². The summed E-state index contributed by atoms with van der Waals surface area (Å²) in [5.41, 5.74) is 4.70. The van der Waals surface area contributed by atoms with Crippen molar-refractivity contribution in [1.29, 1.82) is 0 Å². The fourth-order valence-electron chi connectivity index (χ4n) is 2.45. The molecule has 1 rings (SSSR count). The van der Waals surface area contributed by atoms with Crippen molar-refractivity contribution < 1.29 is 17.9 Å². The minimum absolute atomic E-state index is 0.0493. The van der Waals surface area contributed by atoms with Gasteiger partial charge in [-0.1, -0.05) is 13.8 Å². The van der Waals surface area contributed by atoms with Crippen LogP contribution in [0.15, 0.2) is 0 Å². The summed E-state index contributed by atoms with van der Waals surface area (Å²) in [7, 11) is -0.400. The first kappa shape index (κ1) is 18.3. The first-order valence-corrected chi connectivity index (χ1v) is 8.69. The van der Waals surface area contributed by atoms with Gasteiger partial charge in [0, 0.05) is 39.1 Å². The molecule has 8 heteroatoms. The van der Waals surface area contributed by atoms with Gasteiger partial charge in [-0.2, -0.15) is 0 Å². The van der Waals surface area contributed by atoms with Crippen LogP contribution in [0.3, 0.4) is 0 Å². The van der Waals surface area contributed by atoms with Gasteiger partial charge in [0.1, 0.15) is 5.54 Å². The first-order valence-electron chi connectivity index (χ1n) is 7.08. The first-order chi connectivity index (χ1) is 9.49. The predicted octanol–water partition coefficient (Wildman–Crippen LogP) is -0.473. The standard InChI is InChI=1S/C13H27N3O4S/c1-6-20-10-9-13(14,12(10,2)3)11(17)15-7-8-21(18,19)16(4)5/h10H,6-9,14H2,1-5H3,(H,15,17). The largest absolute Gasteiger partial charge is 0.378 e. The number of hydrogen-bond acceptors (Lipinski definition) is 5. The highest BCUT2D eigenvalue weighted by Gasteiger charge is 2.62. The van der Waals surface area contributed by atoms with Gasteiger partial charge in [-0.05, 0) is 6.92 Å². The molecule has 2 atom stereocenters. The quantitative estimate of drug-likeness (QED) is 0.660. The molecule has 1 fully saturated rings. The molecular weight excluding hydrogens is 294 g/mol. The second kappa shape index (κ2) is 6.20. The Morgan fingerprint density at radius 2 is 2.00 bits per heavy atom. The molecule has 3 N–H and O–H groups in total. The number of amides is 1. The molecule has 124 valence electrons. The van der Waals surface area contributed by atoms with Gasteiger partial charge in [0.05, 0.1) is 11.9 Å². The monoisotopic (exact) mass is 321 g/mol. The Balaban J connectivity index is 2.58. The number of nitrogens with zero attached hydrogens (tertiary/aromatic N) is 1. The molecule has 21 heavy (non-hydrogen) atoms. The van der Waals surface area contributed by atoms with Gasteiger partial charge in [0.25, 0.3) is 0 Å². The van der Waals surface area contributed by atoms with Gasteiger partial charge in [-0.3, -0.25) is 4.79 Å². The van der Waals surface area contributed by atoms with Crippen molar-refractivity contribution in [3.8, 4) is 0 Å². The molecule has 1 saturated carbocycles. The highest BCUT2D eigenvalue weighted by atomic mass is 32.2. The average molecular weight is 321 g/mol. The maximum atomic E-state index is 12.3. The Bertz CT molecular complexity index is 490. The van der Waals surface area contributed by atoms with Gasteiger partial charge in [0.2, 0.25) is 15.9 Å². The lowest BCUT2D eigenvalue weighted by Crippen LogP contribution is -2.75. The molecule has 1 aliphatic rings. The number of hydrogen-bond donors (Lipinski definition) is 2. The normalized spacial score (nSPS) is 28.2. The van der Waals surface area contributed by atoms with Crippen LogP contribution in [0, 0.1) is 5.41 Å². The van der Waals surface area contributed by atoms with Crippen molar-refractivity contribution >= 4 is 15.9 Å². The summed E-state index contributed by atoms with van der Waals surface area (Å²) in [5, 5.41) is 2.63. The van der Waals surface area contributed by atoms with Gasteiger partial charge in [-0.25, -0.2) is 12.7 Å². The van der Waals surface area contributed by atoms with E-state index in [0.717, 1.165) is 4.31 Å². The lowest BCUT2D eigenvalue weighted by molar-refractivity contribution is -0.170. The summed E-state index contributed by atoms with van der Waals surface area (Å²) in [6.07, 6.45) is 0.392. The molecular formula is C13H27N3O4S. The molecule has 0 aliphatic heterocycles. The molecule has 0 bridgehead atoms. The minimum atomic E-state index is -3.32. The van der Waals surface area contributed by atoms with E-state index < -0.39 is 21.0 Å². The molecule has 7 nitrogen and oxygen atoms in total. The third kappa shape index (κ3) is 3.39. The molecule has 0 aromatic heterocycles. The third-order valence-electron chi connectivity index (χ3n) is 4.44. The Kier molecular flexibility index (Phi) is 5.41. The summed E-state index contributed by atoms with van der Waals surface area (Å²) in [4.78, 5) is 12.3. The van der Waals surface area contributed by atoms with E-state index in [1.54, 1.807) is 0 Å². The highest BCUT2D eigenvalue weighted by molar-refractivity contribution is 7.89. The van der Waals surface area contributed by atoms with E-state index in [1.807, 2.05) is 20.8 Å². The van der Waals surface area contributed by atoms with Crippen LogP contribution in [0.5, 0.6) is 0 Å². The van der Waals surface area contributed by atoms with E-state index in [4.69, 9.17) is 10.5 Å². The highest BCUT2D eigenvalue weighted by Crippen LogP contribution is 2.49. The van der Waals surface area contributed by atoms with Gasteiger partial charge < -0.3 is 15.8 Å². The Morgan fingerprint density at radius 3 is 2.43 bits per heavy atom. The fraction of sp³-hybridized carbons (Fsp3) is 0.923. The summed E-state index contributed by atoms with van der Waals surface area (Å²) in [6, 6.07) is 0. The second-order valence-electron chi connectivity index (χ2n) is 6.20. The van der Waals surface area contributed by atoms with Crippen LogP contribution in [-0.2, 0) is 19.6 Å².